The molecule has 0 aliphatic heterocycles. The Morgan fingerprint density at radius 3 is 2.62 bits per heavy atom. The molecule has 0 bridgehead atoms. The van der Waals surface area contributed by atoms with Crippen LogP contribution in [0, 0.1) is 6.92 Å². The standard InChI is InChI=1S/C17H18BrNO2/c1-12-10-15(18)8-9-16(12)21-11-17(20)19-13(2)14-6-4-3-5-7-14/h3-10,13H,11H2,1-2H3,(H,19,20)/t13-/m0/s1. The van der Waals surface area contributed by atoms with Crippen LogP contribution >= 0.6 is 15.9 Å². The van der Waals surface area contributed by atoms with E-state index in [1.807, 2.05) is 62.4 Å². The van der Waals surface area contributed by atoms with Crippen molar-refractivity contribution in [1.82, 2.24) is 5.32 Å². The molecular formula is C17H18BrNO2. The molecule has 0 fully saturated rings. The van der Waals surface area contributed by atoms with Gasteiger partial charge in [-0.2, -0.15) is 0 Å². The molecular weight excluding hydrogens is 330 g/mol. The Bertz CT molecular complexity index is 613. The Morgan fingerprint density at radius 1 is 1.24 bits per heavy atom. The van der Waals surface area contributed by atoms with Crippen LogP contribution in [0.15, 0.2) is 53.0 Å². The van der Waals surface area contributed by atoms with E-state index >= 15 is 0 Å². The molecule has 21 heavy (non-hydrogen) atoms. The highest BCUT2D eigenvalue weighted by atomic mass is 79.9. The Balaban J connectivity index is 1.87. The van der Waals surface area contributed by atoms with Crippen LogP contribution in [0.25, 0.3) is 0 Å². The SMILES string of the molecule is Cc1cc(Br)ccc1OCC(=O)N[C@@H](C)c1ccccc1. The van der Waals surface area contributed by atoms with Crippen molar-refractivity contribution in [3.63, 3.8) is 0 Å². The fourth-order valence-corrected chi connectivity index (χ4v) is 2.50. The molecule has 0 aliphatic rings. The van der Waals surface area contributed by atoms with Gasteiger partial charge in [-0.15, -0.1) is 0 Å². The molecule has 2 aromatic carbocycles. The fraction of sp³-hybridized carbons (Fsp3) is 0.235. The number of benzene rings is 2. The number of hydrogen-bond acceptors (Lipinski definition) is 2. The molecule has 0 radical (unpaired) electrons. The number of hydrogen-bond donors (Lipinski definition) is 1. The van der Waals surface area contributed by atoms with Crippen LogP contribution < -0.4 is 10.1 Å². The van der Waals surface area contributed by atoms with Crippen molar-refractivity contribution < 1.29 is 9.53 Å². The van der Waals surface area contributed by atoms with Gasteiger partial charge in [0.1, 0.15) is 5.75 Å². The average Bonchev–Trinajstić information content (AvgIpc) is 2.47. The summed E-state index contributed by atoms with van der Waals surface area (Å²) in [7, 11) is 0. The second-order valence-electron chi connectivity index (χ2n) is 4.90. The highest BCUT2D eigenvalue weighted by Gasteiger charge is 2.10. The Kier molecular flexibility index (Phi) is 5.39. The normalized spacial score (nSPS) is 11.8. The van der Waals surface area contributed by atoms with Gasteiger partial charge in [-0.25, -0.2) is 0 Å². The minimum Gasteiger partial charge on any atom is -0.484 e. The topological polar surface area (TPSA) is 38.3 Å². The molecule has 110 valence electrons. The monoisotopic (exact) mass is 347 g/mol. The summed E-state index contributed by atoms with van der Waals surface area (Å²) in [5.41, 5.74) is 2.07. The summed E-state index contributed by atoms with van der Waals surface area (Å²) >= 11 is 3.40. The molecule has 1 atom stereocenters. The number of amides is 1. The maximum atomic E-state index is 11.9. The van der Waals surface area contributed by atoms with Gasteiger partial charge in [-0.05, 0) is 43.2 Å². The van der Waals surface area contributed by atoms with Gasteiger partial charge in [-0.1, -0.05) is 46.3 Å². The van der Waals surface area contributed by atoms with Gasteiger partial charge < -0.3 is 10.1 Å². The summed E-state index contributed by atoms with van der Waals surface area (Å²) in [6.45, 7) is 3.92. The predicted molar refractivity (Wildman–Crippen MR) is 87.4 cm³/mol. The van der Waals surface area contributed by atoms with Crippen molar-refractivity contribution in [3.05, 3.63) is 64.1 Å². The second kappa shape index (κ2) is 7.27. The lowest BCUT2D eigenvalue weighted by Crippen LogP contribution is -2.31. The zero-order valence-electron chi connectivity index (χ0n) is 12.1. The number of rotatable bonds is 5. The summed E-state index contributed by atoms with van der Waals surface area (Å²) in [4.78, 5) is 11.9. The average molecular weight is 348 g/mol. The smallest absolute Gasteiger partial charge is 0.258 e. The first-order chi connectivity index (χ1) is 10.1. The third-order valence-electron chi connectivity index (χ3n) is 3.17. The van der Waals surface area contributed by atoms with Gasteiger partial charge in [0.2, 0.25) is 0 Å². The predicted octanol–water partition coefficient (Wildman–Crippen LogP) is 4.01. The lowest BCUT2D eigenvalue weighted by Gasteiger charge is -2.15. The van der Waals surface area contributed by atoms with E-state index in [1.54, 1.807) is 0 Å². The molecule has 1 amide bonds. The summed E-state index contributed by atoms with van der Waals surface area (Å²) < 4.78 is 6.55. The molecule has 0 aliphatic carbocycles. The van der Waals surface area contributed by atoms with Gasteiger partial charge in [0.15, 0.2) is 6.61 Å². The van der Waals surface area contributed by atoms with E-state index in [0.29, 0.717) is 0 Å². The Hall–Kier alpha value is -1.81. The number of halogens is 1. The van der Waals surface area contributed by atoms with E-state index in [2.05, 4.69) is 21.2 Å². The molecule has 4 heteroatoms. The molecule has 3 nitrogen and oxygen atoms in total. The van der Waals surface area contributed by atoms with Crippen molar-refractivity contribution >= 4 is 21.8 Å². The van der Waals surface area contributed by atoms with Crippen LogP contribution in [0.2, 0.25) is 0 Å². The Morgan fingerprint density at radius 2 is 1.95 bits per heavy atom. The third kappa shape index (κ3) is 4.60. The van der Waals surface area contributed by atoms with Crippen molar-refractivity contribution in [2.45, 2.75) is 19.9 Å². The Labute approximate surface area is 133 Å². The van der Waals surface area contributed by atoms with Crippen LogP contribution in [-0.4, -0.2) is 12.5 Å². The first kappa shape index (κ1) is 15.6. The molecule has 0 spiro atoms. The first-order valence-electron chi connectivity index (χ1n) is 6.79. The van der Waals surface area contributed by atoms with E-state index in [1.165, 1.54) is 0 Å². The molecule has 0 aromatic heterocycles. The molecule has 0 unspecified atom stereocenters. The van der Waals surface area contributed by atoms with Crippen molar-refractivity contribution in [2.24, 2.45) is 0 Å². The number of carbonyl (C=O) groups excluding carboxylic acids is 1. The minimum absolute atomic E-state index is 0.0135. The van der Waals surface area contributed by atoms with Crippen molar-refractivity contribution in [3.8, 4) is 5.75 Å². The minimum atomic E-state index is -0.131. The van der Waals surface area contributed by atoms with E-state index in [0.717, 1.165) is 21.3 Å². The van der Waals surface area contributed by atoms with Crippen LogP contribution in [0.1, 0.15) is 24.1 Å². The van der Waals surface area contributed by atoms with Gasteiger partial charge in [0.25, 0.3) is 5.91 Å². The van der Waals surface area contributed by atoms with E-state index < -0.39 is 0 Å². The van der Waals surface area contributed by atoms with Crippen LogP contribution in [0.5, 0.6) is 5.75 Å². The van der Waals surface area contributed by atoms with E-state index in [4.69, 9.17) is 4.74 Å². The quantitative estimate of drug-likeness (QED) is 0.887. The zero-order chi connectivity index (χ0) is 15.2. The van der Waals surface area contributed by atoms with E-state index in [-0.39, 0.29) is 18.6 Å². The first-order valence-corrected chi connectivity index (χ1v) is 7.59. The highest BCUT2D eigenvalue weighted by molar-refractivity contribution is 9.10. The molecule has 2 aromatic rings. The number of aryl methyl sites for hydroxylation is 1. The second-order valence-corrected chi connectivity index (χ2v) is 5.81. The molecule has 2 rings (SSSR count). The number of nitrogens with one attached hydrogen (secondary N) is 1. The summed E-state index contributed by atoms with van der Waals surface area (Å²) in [5.74, 6) is 0.592. The molecule has 0 saturated carbocycles. The van der Waals surface area contributed by atoms with Gasteiger partial charge in [0.05, 0.1) is 6.04 Å². The molecule has 1 N–H and O–H groups in total. The lowest BCUT2D eigenvalue weighted by atomic mass is 10.1. The zero-order valence-corrected chi connectivity index (χ0v) is 13.7. The van der Waals surface area contributed by atoms with Crippen molar-refractivity contribution in [1.29, 1.82) is 0 Å². The largest absolute Gasteiger partial charge is 0.484 e. The maximum absolute atomic E-state index is 11.9. The maximum Gasteiger partial charge on any atom is 0.258 e. The third-order valence-corrected chi connectivity index (χ3v) is 3.67. The van der Waals surface area contributed by atoms with E-state index in [9.17, 15) is 4.79 Å². The van der Waals surface area contributed by atoms with Gasteiger partial charge in [-0.3, -0.25) is 4.79 Å². The van der Waals surface area contributed by atoms with Crippen LogP contribution in [0.4, 0.5) is 0 Å². The summed E-state index contributed by atoms with van der Waals surface area (Å²) in [6, 6.07) is 15.5. The summed E-state index contributed by atoms with van der Waals surface area (Å²) in [6.07, 6.45) is 0. The van der Waals surface area contributed by atoms with Gasteiger partial charge in [0, 0.05) is 4.47 Å². The van der Waals surface area contributed by atoms with Gasteiger partial charge >= 0.3 is 0 Å². The van der Waals surface area contributed by atoms with Crippen molar-refractivity contribution in [2.75, 3.05) is 6.61 Å². The molecule has 0 saturated heterocycles. The lowest BCUT2D eigenvalue weighted by molar-refractivity contribution is -0.123. The number of ether oxygens (including phenoxy) is 1. The van der Waals surface area contributed by atoms with Crippen LogP contribution in [-0.2, 0) is 4.79 Å². The fourth-order valence-electron chi connectivity index (χ4n) is 2.03. The molecule has 0 heterocycles. The number of carbonyl (C=O) groups is 1. The highest BCUT2D eigenvalue weighted by Crippen LogP contribution is 2.22. The summed E-state index contributed by atoms with van der Waals surface area (Å²) in [5, 5.41) is 2.92. The van der Waals surface area contributed by atoms with Crippen LogP contribution in [0.3, 0.4) is 0 Å².